The second-order valence-corrected chi connectivity index (χ2v) is 5.08. The minimum Gasteiger partial charge on any atom is -0.496 e. The number of hydrogen-bond donors (Lipinski definition) is 1. The first-order chi connectivity index (χ1) is 9.35. The van der Waals surface area contributed by atoms with Crippen LogP contribution in [-0.4, -0.2) is 26.4 Å². The van der Waals surface area contributed by atoms with Crippen LogP contribution in [0.3, 0.4) is 0 Å². The molecule has 0 spiro atoms. The maximum absolute atomic E-state index is 5.87. The summed E-state index contributed by atoms with van der Waals surface area (Å²) in [5.74, 6) is 0.962. The lowest BCUT2D eigenvalue weighted by Crippen LogP contribution is -2.29. The maximum Gasteiger partial charge on any atom is 0.123 e. The van der Waals surface area contributed by atoms with E-state index in [1.807, 2.05) is 12.1 Å². The first-order valence-corrected chi connectivity index (χ1v) is 7.33. The average molecular weight is 263 g/mol. The summed E-state index contributed by atoms with van der Waals surface area (Å²) < 4.78 is 11.3. The Morgan fingerprint density at radius 1 is 1.37 bits per heavy atom. The molecule has 1 heterocycles. The van der Waals surface area contributed by atoms with Crippen molar-refractivity contribution in [3.63, 3.8) is 0 Å². The Bertz CT molecular complexity index is 375. The first kappa shape index (κ1) is 14.4. The molecule has 0 saturated carbocycles. The van der Waals surface area contributed by atoms with Crippen molar-refractivity contribution < 1.29 is 9.47 Å². The van der Waals surface area contributed by atoms with E-state index in [1.54, 1.807) is 7.11 Å². The number of hydrogen-bond acceptors (Lipinski definition) is 3. The number of rotatable bonds is 6. The quantitative estimate of drug-likeness (QED) is 0.854. The number of nitrogens with one attached hydrogen (secondary N) is 1. The molecular weight excluding hydrogens is 238 g/mol. The van der Waals surface area contributed by atoms with Gasteiger partial charge in [0.05, 0.1) is 13.2 Å². The summed E-state index contributed by atoms with van der Waals surface area (Å²) in [4.78, 5) is 0. The molecule has 2 unspecified atom stereocenters. The van der Waals surface area contributed by atoms with Gasteiger partial charge in [-0.25, -0.2) is 0 Å². The summed E-state index contributed by atoms with van der Waals surface area (Å²) >= 11 is 0. The fourth-order valence-electron chi connectivity index (χ4n) is 2.78. The van der Waals surface area contributed by atoms with Crippen molar-refractivity contribution in [2.24, 2.45) is 0 Å². The number of ether oxygens (including phenoxy) is 2. The summed E-state index contributed by atoms with van der Waals surface area (Å²) in [6.45, 7) is 4.01. The largest absolute Gasteiger partial charge is 0.496 e. The van der Waals surface area contributed by atoms with Crippen molar-refractivity contribution in [2.75, 3.05) is 20.3 Å². The molecule has 19 heavy (non-hydrogen) atoms. The lowest BCUT2D eigenvalue weighted by Gasteiger charge is -2.28. The zero-order valence-corrected chi connectivity index (χ0v) is 12.0. The van der Waals surface area contributed by atoms with Crippen molar-refractivity contribution >= 4 is 0 Å². The van der Waals surface area contributed by atoms with Gasteiger partial charge in [-0.2, -0.15) is 0 Å². The molecule has 1 N–H and O–H groups in total. The highest BCUT2D eigenvalue weighted by atomic mass is 16.5. The number of methoxy groups -OCH3 is 1. The molecule has 0 amide bonds. The van der Waals surface area contributed by atoms with Crippen LogP contribution in [0.25, 0.3) is 0 Å². The Kier molecular flexibility index (Phi) is 5.67. The van der Waals surface area contributed by atoms with Gasteiger partial charge in [-0.3, -0.25) is 0 Å². The molecule has 0 bridgehead atoms. The van der Waals surface area contributed by atoms with E-state index in [4.69, 9.17) is 9.47 Å². The van der Waals surface area contributed by atoms with E-state index in [9.17, 15) is 0 Å². The van der Waals surface area contributed by atoms with E-state index >= 15 is 0 Å². The lowest BCUT2D eigenvalue weighted by molar-refractivity contribution is 0.00502. The highest BCUT2D eigenvalue weighted by Crippen LogP contribution is 2.30. The molecule has 1 saturated heterocycles. The molecular formula is C16H25NO2. The molecule has 2 atom stereocenters. The zero-order chi connectivity index (χ0) is 13.5. The average Bonchev–Trinajstić information content (AvgIpc) is 2.48. The van der Waals surface area contributed by atoms with Crippen LogP contribution >= 0.6 is 0 Å². The summed E-state index contributed by atoms with van der Waals surface area (Å²) in [6.07, 6.45) is 5.07. The third kappa shape index (κ3) is 3.95. The van der Waals surface area contributed by atoms with E-state index in [0.717, 1.165) is 25.3 Å². The van der Waals surface area contributed by atoms with E-state index in [2.05, 4.69) is 24.4 Å². The summed E-state index contributed by atoms with van der Waals surface area (Å²) in [6, 6.07) is 8.58. The Balaban J connectivity index is 2.09. The second kappa shape index (κ2) is 7.51. The predicted octanol–water partition coefficient (Wildman–Crippen LogP) is 3.31. The van der Waals surface area contributed by atoms with Crippen LogP contribution in [0.5, 0.6) is 5.75 Å². The normalized spacial score (nSPS) is 21.1. The highest BCUT2D eigenvalue weighted by molar-refractivity contribution is 5.36. The summed E-state index contributed by atoms with van der Waals surface area (Å²) in [5, 5.41) is 3.56. The topological polar surface area (TPSA) is 30.5 Å². The smallest absolute Gasteiger partial charge is 0.123 e. The molecule has 0 aromatic heterocycles. The summed E-state index contributed by atoms with van der Waals surface area (Å²) in [5.41, 5.74) is 1.24. The van der Waals surface area contributed by atoms with E-state index in [0.29, 0.717) is 12.1 Å². The van der Waals surface area contributed by atoms with Crippen LogP contribution in [0, 0.1) is 0 Å². The third-order valence-electron chi connectivity index (χ3n) is 3.74. The first-order valence-electron chi connectivity index (χ1n) is 7.33. The molecule has 1 aliphatic heterocycles. The predicted molar refractivity (Wildman–Crippen MR) is 77.6 cm³/mol. The standard InChI is InChI=1S/C16H25NO2/c1-3-17-15(12-13-8-6-7-11-19-13)14-9-4-5-10-16(14)18-2/h4-5,9-10,13,15,17H,3,6-8,11-12H2,1-2H3. The molecule has 3 heteroatoms. The second-order valence-electron chi connectivity index (χ2n) is 5.08. The Morgan fingerprint density at radius 3 is 2.89 bits per heavy atom. The molecule has 2 rings (SSSR count). The monoisotopic (exact) mass is 263 g/mol. The van der Waals surface area contributed by atoms with Crippen molar-refractivity contribution in [1.29, 1.82) is 0 Å². The summed E-state index contributed by atoms with van der Waals surface area (Å²) in [7, 11) is 1.74. The van der Waals surface area contributed by atoms with Gasteiger partial charge in [0.25, 0.3) is 0 Å². The highest BCUT2D eigenvalue weighted by Gasteiger charge is 2.22. The van der Waals surface area contributed by atoms with Crippen molar-refractivity contribution in [3.05, 3.63) is 29.8 Å². The Labute approximate surface area is 116 Å². The molecule has 0 radical (unpaired) electrons. The van der Waals surface area contributed by atoms with Gasteiger partial charge >= 0.3 is 0 Å². The SMILES string of the molecule is CCNC(CC1CCCCO1)c1ccccc1OC. The van der Waals surface area contributed by atoms with Gasteiger partial charge < -0.3 is 14.8 Å². The Morgan fingerprint density at radius 2 is 2.21 bits per heavy atom. The number of para-hydroxylation sites is 1. The Hall–Kier alpha value is -1.06. The minimum atomic E-state index is 0.309. The molecule has 106 valence electrons. The van der Waals surface area contributed by atoms with Crippen LogP contribution in [0.2, 0.25) is 0 Å². The number of benzene rings is 1. The zero-order valence-electron chi connectivity index (χ0n) is 12.0. The van der Waals surface area contributed by atoms with E-state index in [1.165, 1.54) is 24.8 Å². The van der Waals surface area contributed by atoms with Gasteiger partial charge in [-0.05, 0) is 38.3 Å². The molecule has 1 aromatic rings. The van der Waals surface area contributed by atoms with Crippen LogP contribution in [0.15, 0.2) is 24.3 Å². The van der Waals surface area contributed by atoms with Crippen molar-refractivity contribution in [3.8, 4) is 5.75 Å². The van der Waals surface area contributed by atoms with E-state index in [-0.39, 0.29) is 0 Å². The van der Waals surface area contributed by atoms with Crippen LogP contribution in [-0.2, 0) is 4.74 Å². The van der Waals surface area contributed by atoms with Gasteiger partial charge in [0.2, 0.25) is 0 Å². The van der Waals surface area contributed by atoms with Crippen LogP contribution in [0.4, 0.5) is 0 Å². The van der Waals surface area contributed by atoms with Crippen LogP contribution in [0.1, 0.15) is 44.2 Å². The molecule has 1 aliphatic rings. The third-order valence-corrected chi connectivity index (χ3v) is 3.74. The van der Waals surface area contributed by atoms with Gasteiger partial charge in [0, 0.05) is 18.2 Å². The van der Waals surface area contributed by atoms with Crippen molar-refractivity contribution in [2.45, 2.75) is 44.8 Å². The van der Waals surface area contributed by atoms with Gasteiger partial charge in [-0.1, -0.05) is 25.1 Å². The molecule has 0 aliphatic carbocycles. The van der Waals surface area contributed by atoms with Gasteiger partial charge in [-0.15, -0.1) is 0 Å². The van der Waals surface area contributed by atoms with E-state index < -0.39 is 0 Å². The fourth-order valence-corrected chi connectivity index (χ4v) is 2.78. The van der Waals surface area contributed by atoms with Gasteiger partial charge in [0.1, 0.15) is 5.75 Å². The van der Waals surface area contributed by atoms with Crippen molar-refractivity contribution in [1.82, 2.24) is 5.32 Å². The molecule has 1 fully saturated rings. The molecule has 3 nitrogen and oxygen atoms in total. The minimum absolute atomic E-state index is 0.309. The maximum atomic E-state index is 5.87. The molecule has 1 aromatic carbocycles. The van der Waals surface area contributed by atoms with Gasteiger partial charge in [0.15, 0.2) is 0 Å². The van der Waals surface area contributed by atoms with Crippen LogP contribution < -0.4 is 10.1 Å². The lowest BCUT2D eigenvalue weighted by atomic mass is 9.96. The fraction of sp³-hybridized carbons (Fsp3) is 0.625.